The molecular weight excluding hydrogens is 316 g/mol. The first kappa shape index (κ1) is 16.3. The summed E-state index contributed by atoms with van der Waals surface area (Å²) in [6, 6.07) is 16.6. The van der Waals surface area contributed by atoms with E-state index in [1.807, 2.05) is 26.5 Å². The molecule has 0 saturated carbocycles. The first-order chi connectivity index (χ1) is 11.7. The third-order valence-electron chi connectivity index (χ3n) is 3.71. The third-order valence-corrected chi connectivity index (χ3v) is 4.45. The van der Waals surface area contributed by atoms with E-state index in [1.165, 1.54) is 10.6 Å². The molecule has 4 nitrogen and oxygen atoms in total. The van der Waals surface area contributed by atoms with Crippen molar-refractivity contribution in [3.05, 3.63) is 66.5 Å². The summed E-state index contributed by atoms with van der Waals surface area (Å²) in [7, 11) is 4.06. The van der Waals surface area contributed by atoms with Crippen LogP contribution in [0.4, 0.5) is 5.69 Å². The second-order valence-electron chi connectivity index (χ2n) is 5.55. The topological polar surface area (TPSA) is 33.4 Å². The number of thioether (sulfide) groups is 1. The SMILES string of the molecule is CSc1ccc(-c2nccn2/N=C/c2ccc(N(C)C)cc2)cc1. The molecule has 1 aromatic heterocycles. The molecule has 0 saturated heterocycles. The summed E-state index contributed by atoms with van der Waals surface area (Å²) in [5.41, 5.74) is 3.28. The molecule has 122 valence electrons. The number of hydrogen-bond acceptors (Lipinski definition) is 4. The van der Waals surface area contributed by atoms with Gasteiger partial charge in [0, 0.05) is 42.6 Å². The van der Waals surface area contributed by atoms with Gasteiger partial charge in [-0.2, -0.15) is 5.10 Å². The molecule has 0 aliphatic heterocycles. The fourth-order valence-corrected chi connectivity index (χ4v) is 2.73. The Hall–Kier alpha value is -2.53. The van der Waals surface area contributed by atoms with E-state index in [0.29, 0.717) is 0 Å². The van der Waals surface area contributed by atoms with Crippen molar-refractivity contribution in [3.63, 3.8) is 0 Å². The molecule has 5 heteroatoms. The second kappa shape index (κ2) is 7.36. The lowest BCUT2D eigenvalue weighted by Crippen LogP contribution is -2.08. The van der Waals surface area contributed by atoms with Crippen LogP contribution < -0.4 is 4.90 Å². The summed E-state index contributed by atoms with van der Waals surface area (Å²) in [5, 5.41) is 4.54. The summed E-state index contributed by atoms with van der Waals surface area (Å²) in [4.78, 5) is 7.74. The van der Waals surface area contributed by atoms with Gasteiger partial charge in [-0.25, -0.2) is 9.66 Å². The minimum Gasteiger partial charge on any atom is -0.378 e. The molecule has 0 spiro atoms. The van der Waals surface area contributed by atoms with Crippen molar-refractivity contribution in [2.24, 2.45) is 5.10 Å². The predicted octanol–water partition coefficient (Wildman–Crippen LogP) is 4.22. The first-order valence-electron chi connectivity index (χ1n) is 7.67. The van der Waals surface area contributed by atoms with Crippen molar-refractivity contribution in [2.45, 2.75) is 4.90 Å². The molecule has 0 aliphatic carbocycles. The maximum atomic E-state index is 4.54. The van der Waals surface area contributed by atoms with Gasteiger partial charge in [0.1, 0.15) is 0 Å². The molecule has 1 heterocycles. The number of aromatic nitrogens is 2. The standard InChI is InChI=1S/C19H20N4S/c1-22(2)17-8-4-15(5-9-17)14-21-23-13-12-20-19(23)16-6-10-18(24-3)11-7-16/h4-14H,1-3H3/b21-14+. The zero-order valence-electron chi connectivity index (χ0n) is 14.0. The van der Waals surface area contributed by atoms with Crippen LogP contribution in [0, 0.1) is 0 Å². The van der Waals surface area contributed by atoms with Crippen molar-refractivity contribution < 1.29 is 0 Å². The lowest BCUT2D eigenvalue weighted by Gasteiger charge is -2.11. The number of nitrogens with zero attached hydrogens (tertiary/aromatic N) is 4. The van der Waals surface area contributed by atoms with Crippen molar-refractivity contribution in [2.75, 3.05) is 25.3 Å². The van der Waals surface area contributed by atoms with Crippen molar-refractivity contribution in [1.82, 2.24) is 9.66 Å². The van der Waals surface area contributed by atoms with E-state index in [9.17, 15) is 0 Å². The van der Waals surface area contributed by atoms with E-state index in [4.69, 9.17) is 0 Å². The molecule has 2 aromatic carbocycles. The van der Waals surface area contributed by atoms with Gasteiger partial charge in [-0.1, -0.05) is 24.3 Å². The normalized spacial score (nSPS) is 11.1. The van der Waals surface area contributed by atoms with E-state index in [2.05, 4.69) is 69.8 Å². The molecule has 0 bridgehead atoms. The van der Waals surface area contributed by atoms with Crippen molar-refractivity contribution >= 4 is 23.7 Å². The average Bonchev–Trinajstić information content (AvgIpc) is 3.09. The van der Waals surface area contributed by atoms with Gasteiger partial charge >= 0.3 is 0 Å². The Kier molecular flexibility index (Phi) is 5.01. The van der Waals surface area contributed by atoms with Gasteiger partial charge in [0.05, 0.1) is 6.21 Å². The van der Waals surface area contributed by atoms with Crippen LogP contribution in [-0.2, 0) is 0 Å². The molecule has 0 fully saturated rings. The van der Waals surface area contributed by atoms with Crippen LogP contribution in [0.1, 0.15) is 5.56 Å². The van der Waals surface area contributed by atoms with E-state index in [-0.39, 0.29) is 0 Å². The summed E-state index contributed by atoms with van der Waals surface area (Å²) in [6.45, 7) is 0. The monoisotopic (exact) mass is 336 g/mol. The van der Waals surface area contributed by atoms with Crippen LogP contribution >= 0.6 is 11.8 Å². The first-order valence-corrected chi connectivity index (χ1v) is 8.89. The summed E-state index contributed by atoms with van der Waals surface area (Å²) >= 11 is 1.73. The van der Waals surface area contributed by atoms with Gasteiger partial charge in [0.25, 0.3) is 0 Å². The highest BCUT2D eigenvalue weighted by molar-refractivity contribution is 7.98. The minimum absolute atomic E-state index is 0.837. The number of anilines is 1. The minimum atomic E-state index is 0.837. The number of benzene rings is 2. The Balaban J connectivity index is 1.82. The van der Waals surface area contributed by atoms with Crippen LogP contribution in [-0.4, -0.2) is 36.2 Å². The molecular formula is C19H20N4S. The highest BCUT2D eigenvalue weighted by atomic mass is 32.2. The van der Waals surface area contributed by atoms with E-state index in [0.717, 1.165) is 17.0 Å². The molecule has 0 aliphatic rings. The number of rotatable bonds is 5. The van der Waals surface area contributed by atoms with Gasteiger partial charge in [0.15, 0.2) is 5.82 Å². The molecule has 0 radical (unpaired) electrons. The number of hydrogen-bond donors (Lipinski definition) is 0. The second-order valence-corrected chi connectivity index (χ2v) is 6.43. The van der Waals surface area contributed by atoms with Crippen LogP contribution in [0.5, 0.6) is 0 Å². The number of imidazole rings is 1. The highest BCUT2D eigenvalue weighted by Gasteiger charge is 2.05. The Morgan fingerprint density at radius 3 is 2.38 bits per heavy atom. The maximum absolute atomic E-state index is 4.54. The molecule has 0 amide bonds. The predicted molar refractivity (Wildman–Crippen MR) is 103 cm³/mol. The quantitative estimate of drug-likeness (QED) is 0.517. The van der Waals surface area contributed by atoms with Crippen molar-refractivity contribution in [3.8, 4) is 11.4 Å². The summed E-state index contributed by atoms with van der Waals surface area (Å²) < 4.78 is 1.80. The van der Waals surface area contributed by atoms with Crippen LogP contribution in [0.15, 0.2) is 70.9 Å². The average molecular weight is 336 g/mol. The van der Waals surface area contributed by atoms with Gasteiger partial charge in [0.2, 0.25) is 0 Å². The van der Waals surface area contributed by atoms with Gasteiger partial charge in [-0.05, 0) is 36.1 Å². The van der Waals surface area contributed by atoms with Crippen LogP contribution in [0.2, 0.25) is 0 Å². The Morgan fingerprint density at radius 2 is 1.75 bits per heavy atom. The zero-order chi connectivity index (χ0) is 16.9. The Morgan fingerprint density at radius 1 is 1.04 bits per heavy atom. The summed E-state index contributed by atoms with van der Waals surface area (Å²) in [6.07, 6.45) is 7.55. The van der Waals surface area contributed by atoms with Gasteiger partial charge in [-0.15, -0.1) is 11.8 Å². The summed E-state index contributed by atoms with van der Waals surface area (Å²) in [5.74, 6) is 0.837. The van der Waals surface area contributed by atoms with Crippen LogP contribution in [0.3, 0.4) is 0 Å². The molecule has 3 aromatic rings. The van der Waals surface area contributed by atoms with E-state index >= 15 is 0 Å². The maximum Gasteiger partial charge on any atom is 0.160 e. The molecule has 3 rings (SSSR count). The fraction of sp³-hybridized carbons (Fsp3) is 0.158. The fourth-order valence-electron chi connectivity index (χ4n) is 2.32. The molecule has 0 N–H and O–H groups in total. The van der Waals surface area contributed by atoms with Gasteiger partial charge in [-0.3, -0.25) is 0 Å². The largest absolute Gasteiger partial charge is 0.378 e. The highest BCUT2D eigenvalue weighted by Crippen LogP contribution is 2.22. The van der Waals surface area contributed by atoms with Crippen molar-refractivity contribution in [1.29, 1.82) is 0 Å². The van der Waals surface area contributed by atoms with E-state index < -0.39 is 0 Å². The van der Waals surface area contributed by atoms with Gasteiger partial charge < -0.3 is 4.90 Å². The lowest BCUT2D eigenvalue weighted by atomic mass is 10.2. The smallest absolute Gasteiger partial charge is 0.160 e. The Labute approximate surface area is 146 Å². The van der Waals surface area contributed by atoms with E-state index in [1.54, 1.807) is 22.6 Å². The molecule has 0 unspecified atom stereocenters. The third kappa shape index (κ3) is 3.68. The lowest BCUT2D eigenvalue weighted by molar-refractivity contribution is 0.892. The Bertz CT molecular complexity index is 817. The molecule has 0 atom stereocenters. The van der Waals surface area contributed by atoms with Crippen LogP contribution in [0.25, 0.3) is 11.4 Å². The zero-order valence-corrected chi connectivity index (χ0v) is 14.9. The molecule has 24 heavy (non-hydrogen) atoms.